The number of carbonyl (C=O) groups is 1. The Morgan fingerprint density at radius 2 is 2.20 bits per heavy atom. The lowest BCUT2D eigenvalue weighted by Crippen LogP contribution is -2.41. The van der Waals surface area contributed by atoms with Crippen LogP contribution in [0.5, 0.6) is 5.75 Å². The Hall–Kier alpha value is -1.55. The van der Waals surface area contributed by atoms with Crippen LogP contribution in [0.2, 0.25) is 0 Å². The van der Waals surface area contributed by atoms with Gasteiger partial charge in [0.05, 0.1) is 0 Å². The number of rotatable bonds is 5. The standard InChI is InChI=1S/C16H23NO3/c1-11-4-5-12(2)14(10-11)20-9-8-17-7-6-13(3)15(17)16(18)19/h4-5,10,13,15H,6-9H2,1-3H3,(H,18,19). The van der Waals surface area contributed by atoms with Gasteiger partial charge >= 0.3 is 5.97 Å². The summed E-state index contributed by atoms with van der Waals surface area (Å²) < 4.78 is 5.81. The highest BCUT2D eigenvalue weighted by Crippen LogP contribution is 2.24. The van der Waals surface area contributed by atoms with Crippen LogP contribution >= 0.6 is 0 Å². The molecule has 4 heteroatoms. The van der Waals surface area contributed by atoms with Crippen molar-refractivity contribution in [2.45, 2.75) is 33.2 Å². The summed E-state index contributed by atoms with van der Waals surface area (Å²) >= 11 is 0. The quantitative estimate of drug-likeness (QED) is 0.898. The van der Waals surface area contributed by atoms with Crippen molar-refractivity contribution >= 4 is 5.97 Å². The van der Waals surface area contributed by atoms with Gasteiger partial charge < -0.3 is 9.84 Å². The van der Waals surface area contributed by atoms with E-state index in [1.165, 1.54) is 5.56 Å². The summed E-state index contributed by atoms with van der Waals surface area (Å²) in [4.78, 5) is 13.3. The SMILES string of the molecule is Cc1ccc(C)c(OCCN2CCC(C)C2C(=O)O)c1. The van der Waals surface area contributed by atoms with E-state index in [1.807, 2.05) is 37.8 Å². The minimum absolute atomic E-state index is 0.216. The van der Waals surface area contributed by atoms with Gasteiger partial charge in [-0.3, -0.25) is 9.69 Å². The first-order chi connectivity index (χ1) is 9.49. The third kappa shape index (κ3) is 3.31. The molecule has 2 unspecified atom stereocenters. The molecule has 2 atom stereocenters. The highest BCUT2D eigenvalue weighted by Gasteiger charge is 2.36. The van der Waals surface area contributed by atoms with Crippen LogP contribution in [0.3, 0.4) is 0 Å². The van der Waals surface area contributed by atoms with Crippen LogP contribution in [0.15, 0.2) is 18.2 Å². The Kier molecular flexibility index (Phi) is 4.65. The fourth-order valence-corrected chi connectivity index (χ4v) is 2.81. The first-order valence-electron chi connectivity index (χ1n) is 7.16. The van der Waals surface area contributed by atoms with Crippen molar-refractivity contribution in [2.24, 2.45) is 5.92 Å². The second kappa shape index (κ2) is 6.27. The Balaban J connectivity index is 1.89. The third-order valence-electron chi connectivity index (χ3n) is 4.04. The summed E-state index contributed by atoms with van der Waals surface area (Å²) in [5, 5.41) is 9.27. The molecule has 1 heterocycles. The number of hydrogen-bond acceptors (Lipinski definition) is 3. The molecule has 1 aliphatic rings. The number of aliphatic carboxylic acids is 1. The van der Waals surface area contributed by atoms with Crippen molar-refractivity contribution < 1.29 is 14.6 Å². The summed E-state index contributed by atoms with van der Waals surface area (Å²) in [5.74, 6) is 0.388. The highest BCUT2D eigenvalue weighted by atomic mass is 16.5. The summed E-state index contributed by atoms with van der Waals surface area (Å²) in [6.07, 6.45) is 0.945. The van der Waals surface area contributed by atoms with E-state index in [4.69, 9.17) is 4.74 Å². The van der Waals surface area contributed by atoms with E-state index >= 15 is 0 Å². The number of carboxylic acid groups (broad SMARTS) is 1. The predicted octanol–water partition coefficient (Wildman–Crippen LogP) is 2.48. The molecule has 20 heavy (non-hydrogen) atoms. The Bertz CT molecular complexity index is 487. The zero-order chi connectivity index (χ0) is 14.7. The normalized spacial score (nSPS) is 22.9. The van der Waals surface area contributed by atoms with Gasteiger partial charge in [0.1, 0.15) is 18.4 Å². The lowest BCUT2D eigenvalue weighted by atomic mass is 10.0. The number of carboxylic acids is 1. The molecule has 2 rings (SSSR count). The lowest BCUT2D eigenvalue weighted by molar-refractivity contribution is -0.143. The van der Waals surface area contributed by atoms with E-state index in [0.29, 0.717) is 13.2 Å². The van der Waals surface area contributed by atoms with Gasteiger partial charge in [-0.2, -0.15) is 0 Å². The molecule has 4 nitrogen and oxygen atoms in total. The van der Waals surface area contributed by atoms with Crippen molar-refractivity contribution in [3.63, 3.8) is 0 Å². The number of likely N-dealkylation sites (tertiary alicyclic amines) is 1. The number of aryl methyl sites for hydroxylation is 2. The van der Waals surface area contributed by atoms with Crippen molar-refractivity contribution in [3.8, 4) is 5.75 Å². The molecule has 0 bridgehead atoms. The van der Waals surface area contributed by atoms with Crippen molar-refractivity contribution in [1.82, 2.24) is 4.90 Å². The van der Waals surface area contributed by atoms with E-state index in [9.17, 15) is 9.90 Å². The van der Waals surface area contributed by atoms with Crippen molar-refractivity contribution in [3.05, 3.63) is 29.3 Å². The van der Waals surface area contributed by atoms with Gasteiger partial charge in [-0.05, 0) is 49.9 Å². The van der Waals surface area contributed by atoms with E-state index in [-0.39, 0.29) is 12.0 Å². The molecule has 0 radical (unpaired) electrons. The molecule has 1 fully saturated rings. The van der Waals surface area contributed by atoms with Gasteiger partial charge in [0.2, 0.25) is 0 Å². The van der Waals surface area contributed by atoms with Crippen molar-refractivity contribution in [2.75, 3.05) is 19.7 Å². The maximum Gasteiger partial charge on any atom is 0.321 e. The smallest absolute Gasteiger partial charge is 0.321 e. The first kappa shape index (κ1) is 14.9. The summed E-state index contributed by atoms with van der Waals surface area (Å²) in [7, 11) is 0. The van der Waals surface area contributed by atoms with Crippen LogP contribution in [-0.2, 0) is 4.79 Å². The predicted molar refractivity (Wildman–Crippen MR) is 78.2 cm³/mol. The molecule has 1 aliphatic heterocycles. The molecular weight excluding hydrogens is 254 g/mol. The summed E-state index contributed by atoms with van der Waals surface area (Å²) in [6.45, 7) is 8.09. The van der Waals surface area contributed by atoms with Crippen molar-refractivity contribution in [1.29, 1.82) is 0 Å². The number of hydrogen-bond donors (Lipinski definition) is 1. The maximum absolute atomic E-state index is 11.3. The summed E-state index contributed by atoms with van der Waals surface area (Å²) in [5.41, 5.74) is 2.28. The van der Waals surface area contributed by atoms with Crippen LogP contribution < -0.4 is 4.74 Å². The molecule has 0 amide bonds. The Morgan fingerprint density at radius 1 is 1.45 bits per heavy atom. The minimum Gasteiger partial charge on any atom is -0.492 e. The van der Waals surface area contributed by atoms with Gasteiger partial charge in [0.25, 0.3) is 0 Å². The zero-order valence-corrected chi connectivity index (χ0v) is 12.4. The fourth-order valence-electron chi connectivity index (χ4n) is 2.81. The monoisotopic (exact) mass is 277 g/mol. The number of nitrogens with zero attached hydrogens (tertiary/aromatic N) is 1. The topological polar surface area (TPSA) is 49.8 Å². The molecule has 0 aromatic heterocycles. The molecular formula is C16H23NO3. The Labute approximate surface area is 120 Å². The van der Waals surface area contributed by atoms with Gasteiger partial charge in [0, 0.05) is 6.54 Å². The van der Waals surface area contributed by atoms with Crippen LogP contribution in [-0.4, -0.2) is 41.7 Å². The van der Waals surface area contributed by atoms with E-state index < -0.39 is 5.97 Å². The molecule has 1 aromatic carbocycles. The van der Waals surface area contributed by atoms with Gasteiger partial charge in [-0.1, -0.05) is 19.1 Å². The molecule has 0 spiro atoms. The largest absolute Gasteiger partial charge is 0.492 e. The van der Waals surface area contributed by atoms with E-state index in [1.54, 1.807) is 0 Å². The molecule has 1 N–H and O–H groups in total. The number of ether oxygens (including phenoxy) is 1. The highest BCUT2D eigenvalue weighted by molar-refractivity contribution is 5.74. The molecule has 0 saturated carbocycles. The third-order valence-corrected chi connectivity index (χ3v) is 4.04. The summed E-state index contributed by atoms with van der Waals surface area (Å²) in [6, 6.07) is 5.77. The lowest BCUT2D eigenvalue weighted by Gasteiger charge is -2.23. The molecule has 1 aromatic rings. The van der Waals surface area contributed by atoms with Gasteiger partial charge in [-0.15, -0.1) is 0 Å². The first-order valence-corrected chi connectivity index (χ1v) is 7.16. The average Bonchev–Trinajstić information content (AvgIpc) is 2.75. The van der Waals surface area contributed by atoms with Crippen LogP contribution in [0.1, 0.15) is 24.5 Å². The number of benzene rings is 1. The van der Waals surface area contributed by atoms with Crippen LogP contribution in [0.4, 0.5) is 0 Å². The second-order valence-corrected chi connectivity index (χ2v) is 5.70. The van der Waals surface area contributed by atoms with Gasteiger partial charge in [0.15, 0.2) is 0 Å². The van der Waals surface area contributed by atoms with Crippen LogP contribution in [0, 0.1) is 19.8 Å². The average molecular weight is 277 g/mol. The van der Waals surface area contributed by atoms with Crippen LogP contribution in [0.25, 0.3) is 0 Å². The molecule has 1 saturated heterocycles. The molecule has 110 valence electrons. The van der Waals surface area contributed by atoms with Gasteiger partial charge in [-0.25, -0.2) is 0 Å². The minimum atomic E-state index is -0.721. The Morgan fingerprint density at radius 3 is 2.90 bits per heavy atom. The zero-order valence-electron chi connectivity index (χ0n) is 12.4. The molecule has 0 aliphatic carbocycles. The van der Waals surface area contributed by atoms with E-state index in [2.05, 4.69) is 6.07 Å². The van der Waals surface area contributed by atoms with E-state index in [0.717, 1.165) is 24.3 Å². The fraction of sp³-hybridized carbons (Fsp3) is 0.562. The second-order valence-electron chi connectivity index (χ2n) is 5.70. The maximum atomic E-state index is 11.3.